The van der Waals surface area contributed by atoms with Crippen molar-refractivity contribution in [1.82, 2.24) is 5.32 Å². The molecule has 1 aliphatic rings. The summed E-state index contributed by atoms with van der Waals surface area (Å²) in [5, 5.41) is 12.2. The van der Waals surface area contributed by atoms with E-state index < -0.39 is 11.5 Å². The summed E-state index contributed by atoms with van der Waals surface area (Å²) in [4.78, 5) is 23.7. The Labute approximate surface area is 118 Å². The van der Waals surface area contributed by atoms with Crippen molar-refractivity contribution in [2.75, 3.05) is 11.5 Å². The smallest absolute Gasteiger partial charge is 0.329 e. The summed E-state index contributed by atoms with van der Waals surface area (Å²) < 4.78 is 0. The maximum absolute atomic E-state index is 12.2. The topological polar surface area (TPSA) is 66.4 Å². The highest BCUT2D eigenvalue weighted by molar-refractivity contribution is 7.99. The van der Waals surface area contributed by atoms with Gasteiger partial charge in [-0.3, -0.25) is 4.79 Å². The number of aliphatic carboxylic acids is 1. The van der Waals surface area contributed by atoms with Crippen molar-refractivity contribution in [3.05, 3.63) is 25.3 Å². The number of amides is 1. The fourth-order valence-electron chi connectivity index (χ4n) is 2.16. The summed E-state index contributed by atoms with van der Waals surface area (Å²) >= 11 is 1.72. The van der Waals surface area contributed by atoms with E-state index in [1.54, 1.807) is 23.9 Å². The van der Waals surface area contributed by atoms with E-state index in [0.29, 0.717) is 25.7 Å². The lowest BCUT2D eigenvalue weighted by Gasteiger charge is -2.34. The van der Waals surface area contributed by atoms with Crippen LogP contribution in [0.15, 0.2) is 25.3 Å². The second-order valence-electron chi connectivity index (χ2n) is 4.73. The predicted molar refractivity (Wildman–Crippen MR) is 78.2 cm³/mol. The fraction of sp³-hybridized carbons (Fsp3) is 0.571. The lowest BCUT2D eigenvalue weighted by Crippen LogP contribution is -2.57. The molecule has 19 heavy (non-hydrogen) atoms. The van der Waals surface area contributed by atoms with Crippen molar-refractivity contribution >= 4 is 23.6 Å². The van der Waals surface area contributed by atoms with Gasteiger partial charge in [0, 0.05) is 5.92 Å². The van der Waals surface area contributed by atoms with Gasteiger partial charge in [0.15, 0.2) is 0 Å². The summed E-state index contributed by atoms with van der Waals surface area (Å²) in [6, 6.07) is 0. The lowest BCUT2D eigenvalue weighted by atomic mass is 9.90. The van der Waals surface area contributed by atoms with Gasteiger partial charge in [-0.05, 0) is 37.2 Å². The largest absolute Gasteiger partial charge is 0.480 e. The van der Waals surface area contributed by atoms with Gasteiger partial charge >= 0.3 is 5.97 Å². The molecule has 0 saturated carbocycles. The molecule has 0 spiro atoms. The van der Waals surface area contributed by atoms with Crippen LogP contribution in [-0.4, -0.2) is 34.0 Å². The van der Waals surface area contributed by atoms with E-state index in [1.807, 2.05) is 0 Å². The monoisotopic (exact) mass is 283 g/mol. The number of carboxylic acid groups (broad SMARTS) is 1. The average Bonchev–Trinajstić information content (AvgIpc) is 2.39. The third-order valence-corrected chi connectivity index (χ3v) is 4.38. The van der Waals surface area contributed by atoms with Gasteiger partial charge in [-0.15, -0.1) is 13.2 Å². The first-order valence-corrected chi connectivity index (χ1v) is 7.56. The maximum Gasteiger partial charge on any atom is 0.329 e. The third kappa shape index (κ3) is 4.13. The Kier molecular flexibility index (Phi) is 6.15. The van der Waals surface area contributed by atoms with Gasteiger partial charge in [0.2, 0.25) is 5.91 Å². The van der Waals surface area contributed by atoms with Crippen LogP contribution in [0.1, 0.15) is 25.7 Å². The summed E-state index contributed by atoms with van der Waals surface area (Å²) in [6.45, 7) is 7.26. The standard InChI is InChI=1S/C14H21NO3S/c1-3-5-11(6-4-2)12(16)15-14(13(17)18)7-9-19-10-8-14/h3-4,11H,1-2,5-10H2,(H,15,16)(H,17,18). The van der Waals surface area contributed by atoms with Crippen LogP contribution in [-0.2, 0) is 9.59 Å². The van der Waals surface area contributed by atoms with Gasteiger partial charge in [0.05, 0.1) is 0 Å². The molecular formula is C14H21NO3S. The van der Waals surface area contributed by atoms with Crippen LogP contribution in [0.2, 0.25) is 0 Å². The van der Waals surface area contributed by atoms with Crippen LogP contribution in [0, 0.1) is 5.92 Å². The molecule has 0 aromatic rings. The van der Waals surface area contributed by atoms with Gasteiger partial charge in [-0.2, -0.15) is 11.8 Å². The Morgan fingerprint density at radius 2 is 1.79 bits per heavy atom. The number of carbonyl (C=O) groups is 2. The van der Waals surface area contributed by atoms with Gasteiger partial charge in [-0.25, -0.2) is 4.79 Å². The molecule has 1 saturated heterocycles. The van der Waals surface area contributed by atoms with Crippen LogP contribution < -0.4 is 5.32 Å². The zero-order valence-corrected chi connectivity index (χ0v) is 11.9. The van der Waals surface area contributed by atoms with Crippen LogP contribution in [0.25, 0.3) is 0 Å². The predicted octanol–water partition coefficient (Wildman–Crippen LogP) is 2.22. The molecule has 0 aromatic carbocycles. The zero-order chi connectivity index (χ0) is 14.3. The van der Waals surface area contributed by atoms with E-state index in [1.165, 1.54) is 0 Å². The number of rotatable bonds is 7. The van der Waals surface area contributed by atoms with Crippen LogP contribution in [0.4, 0.5) is 0 Å². The molecule has 1 heterocycles. The van der Waals surface area contributed by atoms with Crippen molar-refractivity contribution < 1.29 is 14.7 Å². The van der Waals surface area contributed by atoms with Gasteiger partial charge in [-0.1, -0.05) is 12.2 Å². The number of hydrogen-bond donors (Lipinski definition) is 2. The van der Waals surface area contributed by atoms with Crippen molar-refractivity contribution in [2.45, 2.75) is 31.2 Å². The van der Waals surface area contributed by atoms with Crippen LogP contribution >= 0.6 is 11.8 Å². The van der Waals surface area contributed by atoms with Crippen molar-refractivity contribution in [2.24, 2.45) is 5.92 Å². The van der Waals surface area contributed by atoms with Crippen molar-refractivity contribution in [3.8, 4) is 0 Å². The molecule has 2 N–H and O–H groups in total. The van der Waals surface area contributed by atoms with Crippen molar-refractivity contribution in [1.29, 1.82) is 0 Å². The molecule has 1 amide bonds. The highest BCUT2D eigenvalue weighted by atomic mass is 32.2. The summed E-state index contributed by atoms with van der Waals surface area (Å²) in [6.07, 6.45) is 5.38. The second-order valence-corrected chi connectivity index (χ2v) is 5.96. The Hall–Kier alpha value is -1.23. The number of thioether (sulfide) groups is 1. The van der Waals surface area contributed by atoms with Gasteiger partial charge in [0.1, 0.15) is 5.54 Å². The van der Waals surface area contributed by atoms with Crippen molar-refractivity contribution in [3.63, 3.8) is 0 Å². The highest BCUT2D eigenvalue weighted by Crippen LogP contribution is 2.28. The number of carboxylic acids is 1. The van der Waals surface area contributed by atoms with E-state index in [0.717, 1.165) is 11.5 Å². The van der Waals surface area contributed by atoms with E-state index >= 15 is 0 Å². The minimum Gasteiger partial charge on any atom is -0.480 e. The number of allylic oxidation sites excluding steroid dienone is 2. The Morgan fingerprint density at radius 3 is 2.21 bits per heavy atom. The molecule has 0 atom stereocenters. The number of hydrogen-bond acceptors (Lipinski definition) is 3. The third-order valence-electron chi connectivity index (χ3n) is 3.39. The minimum atomic E-state index is -1.09. The second kappa shape index (κ2) is 7.38. The maximum atomic E-state index is 12.2. The molecular weight excluding hydrogens is 262 g/mol. The molecule has 0 bridgehead atoms. The molecule has 5 heteroatoms. The Balaban J connectivity index is 2.77. The highest BCUT2D eigenvalue weighted by Gasteiger charge is 2.42. The van der Waals surface area contributed by atoms with Gasteiger partial charge < -0.3 is 10.4 Å². The Morgan fingerprint density at radius 1 is 1.26 bits per heavy atom. The molecule has 1 aliphatic heterocycles. The quantitative estimate of drug-likeness (QED) is 0.703. The first-order valence-electron chi connectivity index (χ1n) is 6.40. The summed E-state index contributed by atoms with van der Waals surface area (Å²) in [7, 11) is 0. The molecule has 1 rings (SSSR count). The molecule has 4 nitrogen and oxygen atoms in total. The van der Waals surface area contributed by atoms with Crippen LogP contribution in [0.5, 0.6) is 0 Å². The van der Waals surface area contributed by atoms with E-state index in [4.69, 9.17) is 0 Å². The first-order chi connectivity index (χ1) is 9.05. The number of carbonyl (C=O) groups excluding carboxylic acids is 1. The lowest BCUT2D eigenvalue weighted by molar-refractivity contribution is -0.148. The molecule has 0 aromatic heterocycles. The minimum absolute atomic E-state index is 0.214. The van der Waals surface area contributed by atoms with Crippen LogP contribution in [0.3, 0.4) is 0 Å². The molecule has 0 radical (unpaired) electrons. The molecule has 0 unspecified atom stereocenters. The summed E-state index contributed by atoms with van der Waals surface area (Å²) in [5.41, 5.74) is -1.09. The fourth-order valence-corrected chi connectivity index (χ4v) is 3.35. The van der Waals surface area contributed by atoms with E-state index in [9.17, 15) is 14.7 Å². The van der Waals surface area contributed by atoms with Gasteiger partial charge in [0.25, 0.3) is 0 Å². The summed E-state index contributed by atoms with van der Waals surface area (Å²) in [5.74, 6) is 0.104. The van der Waals surface area contributed by atoms with E-state index in [-0.39, 0.29) is 11.8 Å². The molecule has 1 fully saturated rings. The SMILES string of the molecule is C=CCC(CC=C)C(=O)NC1(C(=O)O)CCSCC1. The number of nitrogens with one attached hydrogen (secondary N) is 1. The zero-order valence-electron chi connectivity index (χ0n) is 11.1. The first kappa shape index (κ1) is 15.8. The average molecular weight is 283 g/mol. The van der Waals surface area contributed by atoms with E-state index in [2.05, 4.69) is 18.5 Å². The molecule has 106 valence electrons. The Bertz CT molecular complexity index is 352. The normalized spacial score (nSPS) is 17.7. The molecule has 0 aliphatic carbocycles.